The fraction of sp³-hybridized carbons (Fsp3) is 0.333. The van der Waals surface area contributed by atoms with Crippen LogP contribution in [-0.2, 0) is 30.6 Å². The summed E-state index contributed by atoms with van der Waals surface area (Å²) in [6.45, 7) is 5.66. The van der Waals surface area contributed by atoms with Gasteiger partial charge in [0.15, 0.2) is 9.84 Å². The van der Waals surface area contributed by atoms with Crippen molar-refractivity contribution in [2.45, 2.75) is 44.9 Å². The monoisotopic (exact) mass is 456 g/mol. The third-order valence-electron chi connectivity index (χ3n) is 5.78. The molecule has 1 amide bonds. The van der Waals surface area contributed by atoms with Gasteiger partial charge in [-0.1, -0.05) is 17.7 Å². The number of H-pyrrole nitrogens is 1. The molecule has 2 N–H and O–H groups in total. The number of allylic oxidation sites excluding steroid dienone is 1. The van der Waals surface area contributed by atoms with Crippen LogP contribution in [0.4, 0.5) is 0 Å². The fourth-order valence-corrected chi connectivity index (χ4v) is 4.88. The van der Waals surface area contributed by atoms with Crippen molar-refractivity contribution in [1.29, 1.82) is 0 Å². The number of rotatable bonds is 8. The zero-order valence-corrected chi connectivity index (χ0v) is 19.6. The van der Waals surface area contributed by atoms with E-state index in [1.807, 2.05) is 33.0 Å². The SMILES string of the molecule is COC(=O)CCc1c[nH]c(/C=C2\NC(=O)C(CCS(=O)(=O)c3ccc(C)cc3)=C2C)c1C. The second kappa shape index (κ2) is 9.56. The van der Waals surface area contributed by atoms with E-state index < -0.39 is 9.84 Å². The second-order valence-electron chi connectivity index (χ2n) is 7.93. The molecule has 8 heteroatoms. The molecule has 3 rings (SSSR count). The number of hydrogen-bond donors (Lipinski definition) is 2. The molecule has 0 atom stereocenters. The van der Waals surface area contributed by atoms with Crippen LogP contribution in [-0.4, -0.2) is 38.1 Å². The van der Waals surface area contributed by atoms with E-state index in [0.29, 0.717) is 24.1 Å². The van der Waals surface area contributed by atoms with E-state index in [0.717, 1.165) is 28.0 Å². The molecule has 0 spiro atoms. The number of aromatic amines is 1. The first-order chi connectivity index (χ1) is 15.1. The Morgan fingerprint density at radius 2 is 1.78 bits per heavy atom. The van der Waals surface area contributed by atoms with E-state index in [1.54, 1.807) is 24.3 Å². The lowest BCUT2D eigenvalue weighted by Gasteiger charge is -2.05. The van der Waals surface area contributed by atoms with Crippen molar-refractivity contribution in [3.05, 3.63) is 69.7 Å². The molecule has 0 saturated heterocycles. The predicted molar refractivity (Wildman–Crippen MR) is 123 cm³/mol. The van der Waals surface area contributed by atoms with E-state index in [9.17, 15) is 18.0 Å². The Labute approximate surface area is 188 Å². The fourth-order valence-electron chi connectivity index (χ4n) is 3.62. The van der Waals surface area contributed by atoms with Crippen molar-refractivity contribution in [3.8, 4) is 0 Å². The average molecular weight is 457 g/mol. The number of ether oxygens (including phenoxy) is 1. The van der Waals surface area contributed by atoms with Gasteiger partial charge in [0.2, 0.25) is 0 Å². The number of amides is 1. The quantitative estimate of drug-likeness (QED) is 0.593. The summed E-state index contributed by atoms with van der Waals surface area (Å²) in [7, 11) is -2.12. The Morgan fingerprint density at radius 3 is 2.44 bits per heavy atom. The highest BCUT2D eigenvalue weighted by Crippen LogP contribution is 2.27. The normalized spacial score (nSPS) is 15.4. The summed E-state index contributed by atoms with van der Waals surface area (Å²) >= 11 is 0. The molecule has 170 valence electrons. The lowest BCUT2D eigenvalue weighted by molar-refractivity contribution is -0.140. The number of esters is 1. The molecule has 1 aromatic heterocycles. The largest absolute Gasteiger partial charge is 0.469 e. The van der Waals surface area contributed by atoms with Crippen molar-refractivity contribution in [3.63, 3.8) is 0 Å². The molecule has 0 aliphatic carbocycles. The molecule has 1 aliphatic rings. The lowest BCUT2D eigenvalue weighted by atomic mass is 10.1. The summed E-state index contributed by atoms with van der Waals surface area (Å²) in [6, 6.07) is 6.72. The number of hydrogen-bond acceptors (Lipinski definition) is 5. The van der Waals surface area contributed by atoms with Gasteiger partial charge < -0.3 is 15.0 Å². The summed E-state index contributed by atoms with van der Waals surface area (Å²) < 4.78 is 30.0. The molecular weight excluding hydrogens is 428 g/mol. The Balaban J connectivity index is 1.75. The molecule has 32 heavy (non-hydrogen) atoms. The van der Waals surface area contributed by atoms with E-state index in [-0.39, 0.29) is 28.9 Å². The van der Waals surface area contributed by atoms with E-state index in [4.69, 9.17) is 0 Å². The highest BCUT2D eigenvalue weighted by atomic mass is 32.2. The van der Waals surface area contributed by atoms with Gasteiger partial charge in [-0.25, -0.2) is 8.42 Å². The number of aryl methyl sites for hydroxylation is 2. The maximum Gasteiger partial charge on any atom is 0.305 e. The molecule has 2 heterocycles. The maximum atomic E-state index is 12.7. The number of sulfone groups is 1. The van der Waals surface area contributed by atoms with Crippen LogP contribution in [0.5, 0.6) is 0 Å². The lowest BCUT2D eigenvalue weighted by Crippen LogP contribution is -2.18. The van der Waals surface area contributed by atoms with Crippen LogP contribution in [0, 0.1) is 13.8 Å². The minimum Gasteiger partial charge on any atom is -0.469 e. The van der Waals surface area contributed by atoms with Gasteiger partial charge in [0.05, 0.1) is 17.8 Å². The first kappa shape index (κ1) is 23.5. The van der Waals surface area contributed by atoms with E-state index >= 15 is 0 Å². The number of methoxy groups -OCH3 is 1. The van der Waals surface area contributed by atoms with Crippen LogP contribution in [0.3, 0.4) is 0 Å². The Bertz CT molecular complexity index is 1200. The molecule has 1 aromatic carbocycles. The van der Waals surface area contributed by atoms with Crippen LogP contribution in [0.15, 0.2) is 52.2 Å². The van der Waals surface area contributed by atoms with Gasteiger partial charge in [-0.2, -0.15) is 0 Å². The Hall–Kier alpha value is -3.13. The number of carbonyl (C=O) groups excluding carboxylic acids is 2. The van der Waals surface area contributed by atoms with Crippen molar-refractivity contribution in [2.75, 3.05) is 12.9 Å². The predicted octanol–water partition coefficient (Wildman–Crippen LogP) is 3.39. The highest BCUT2D eigenvalue weighted by Gasteiger charge is 2.26. The zero-order valence-electron chi connectivity index (χ0n) is 18.7. The van der Waals surface area contributed by atoms with Crippen molar-refractivity contribution in [2.24, 2.45) is 0 Å². The van der Waals surface area contributed by atoms with Crippen molar-refractivity contribution in [1.82, 2.24) is 10.3 Å². The molecular formula is C24H28N2O5S. The number of nitrogens with one attached hydrogen (secondary N) is 2. The summed E-state index contributed by atoms with van der Waals surface area (Å²) in [5, 5.41) is 2.84. The third-order valence-corrected chi connectivity index (χ3v) is 7.51. The van der Waals surface area contributed by atoms with Crippen LogP contribution < -0.4 is 5.32 Å². The van der Waals surface area contributed by atoms with Gasteiger partial charge in [0.1, 0.15) is 0 Å². The molecule has 0 bridgehead atoms. The number of benzene rings is 1. The summed E-state index contributed by atoms with van der Waals surface area (Å²) in [5.74, 6) is -0.677. The van der Waals surface area contributed by atoms with Gasteiger partial charge in [-0.15, -0.1) is 0 Å². The first-order valence-electron chi connectivity index (χ1n) is 10.4. The molecule has 2 aromatic rings. The Kier molecular flexibility index (Phi) is 7.03. The van der Waals surface area contributed by atoms with E-state index in [1.165, 1.54) is 7.11 Å². The van der Waals surface area contributed by atoms with Crippen LogP contribution in [0.1, 0.15) is 42.1 Å². The van der Waals surface area contributed by atoms with Crippen molar-refractivity contribution >= 4 is 27.8 Å². The molecule has 0 saturated carbocycles. The summed E-state index contributed by atoms with van der Waals surface area (Å²) in [4.78, 5) is 27.3. The molecule has 0 radical (unpaired) electrons. The first-order valence-corrected chi connectivity index (χ1v) is 12.0. The summed E-state index contributed by atoms with van der Waals surface area (Å²) in [6.07, 6.45) is 4.67. The maximum absolute atomic E-state index is 12.7. The third kappa shape index (κ3) is 5.19. The minimum absolute atomic E-state index is 0.136. The van der Waals surface area contributed by atoms with Gasteiger partial charge in [0, 0.05) is 29.6 Å². The zero-order chi connectivity index (χ0) is 23.5. The smallest absolute Gasteiger partial charge is 0.305 e. The number of carbonyl (C=O) groups is 2. The van der Waals surface area contributed by atoms with Gasteiger partial charge in [-0.05, 0) is 68.5 Å². The standard InChI is InChI=1S/C24H28N2O5S/c1-15-5-8-19(9-6-15)32(29,30)12-11-20-17(3)22(26-24(20)28)13-21-16(2)18(14-25-21)7-10-23(27)31-4/h5-6,8-9,13-14,25H,7,10-12H2,1-4H3,(H,26,28)/b22-13-. The molecule has 7 nitrogen and oxygen atoms in total. The van der Waals surface area contributed by atoms with Crippen LogP contribution in [0.25, 0.3) is 6.08 Å². The summed E-state index contributed by atoms with van der Waals surface area (Å²) in [5.41, 5.74) is 5.65. The second-order valence-corrected chi connectivity index (χ2v) is 10.0. The molecule has 1 aliphatic heterocycles. The molecule has 0 fully saturated rings. The van der Waals surface area contributed by atoms with Gasteiger partial charge in [-0.3, -0.25) is 9.59 Å². The van der Waals surface area contributed by atoms with Crippen LogP contribution in [0.2, 0.25) is 0 Å². The average Bonchev–Trinajstić information content (AvgIpc) is 3.23. The van der Waals surface area contributed by atoms with Crippen molar-refractivity contribution < 1.29 is 22.7 Å². The number of aromatic nitrogens is 1. The molecule has 0 unspecified atom stereocenters. The topological polar surface area (TPSA) is 105 Å². The van der Waals surface area contributed by atoms with Gasteiger partial charge in [0.25, 0.3) is 5.91 Å². The van der Waals surface area contributed by atoms with Crippen LogP contribution >= 0.6 is 0 Å². The minimum atomic E-state index is -3.48. The van der Waals surface area contributed by atoms with Gasteiger partial charge >= 0.3 is 5.97 Å². The van der Waals surface area contributed by atoms with E-state index in [2.05, 4.69) is 15.0 Å². The highest BCUT2D eigenvalue weighted by molar-refractivity contribution is 7.91. The Morgan fingerprint density at radius 1 is 1.09 bits per heavy atom.